The molecule has 0 bridgehead atoms. The van der Waals surface area contributed by atoms with Gasteiger partial charge in [0, 0.05) is 24.2 Å². The van der Waals surface area contributed by atoms with Crippen LogP contribution in [0.4, 0.5) is 0 Å². The van der Waals surface area contributed by atoms with E-state index in [9.17, 15) is 5.11 Å². The van der Waals surface area contributed by atoms with Crippen molar-refractivity contribution in [3.63, 3.8) is 0 Å². The highest BCUT2D eigenvalue weighted by Crippen LogP contribution is 2.17. The second-order valence-electron chi connectivity index (χ2n) is 5.09. The highest BCUT2D eigenvalue weighted by Gasteiger charge is 2.13. The summed E-state index contributed by atoms with van der Waals surface area (Å²) in [6, 6.07) is 0.161. The summed E-state index contributed by atoms with van der Waals surface area (Å²) >= 11 is 1.65. The van der Waals surface area contributed by atoms with Gasteiger partial charge < -0.3 is 10.4 Å². The zero-order valence-electron chi connectivity index (χ0n) is 11.2. The van der Waals surface area contributed by atoms with Crippen LogP contribution in [0.3, 0.4) is 0 Å². The van der Waals surface area contributed by atoms with Gasteiger partial charge in [0.2, 0.25) is 0 Å². The molecule has 0 aliphatic carbocycles. The van der Waals surface area contributed by atoms with Gasteiger partial charge in [-0.15, -0.1) is 11.3 Å². The number of nitrogens with zero attached hydrogens (tertiary/aromatic N) is 2. The molecule has 2 rings (SSSR count). The van der Waals surface area contributed by atoms with Crippen LogP contribution in [0, 0.1) is 12.8 Å². The third-order valence-corrected chi connectivity index (χ3v) is 3.85. The number of hydrogen-bond donors (Lipinski definition) is 2. The summed E-state index contributed by atoms with van der Waals surface area (Å²) in [5, 5.41) is 14.8. The predicted octanol–water partition coefficient (Wildman–Crippen LogP) is 2.20. The van der Waals surface area contributed by atoms with Crippen LogP contribution in [0.1, 0.15) is 31.7 Å². The van der Waals surface area contributed by atoms with Gasteiger partial charge in [-0.2, -0.15) is 0 Å². The maximum Gasteiger partial charge on any atom is 0.194 e. The van der Waals surface area contributed by atoms with Gasteiger partial charge in [0.1, 0.15) is 0 Å². The number of hydrogen-bond acceptors (Lipinski definition) is 4. The predicted molar refractivity (Wildman–Crippen MR) is 75.0 cm³/mol. The van der Waals surface area contributed by atoms with Crippen molar-refractivity contribution in [1.82, 2.24) is 14.7 Å². The maximum atomic E-state index is 9.36. The highest BCUT2D eigenvalue weighted by atomic mass is 32.1. The molecule has 18 heavy (non-hydrogen) atoms. The van der Waals surface area contributed by atoms with Crippen molar-refractivity contribution in [2.45, 2.75) is 39.8 Å². The van der Waals surface area contributed by atoms with E-state index < -0.39 is 0 Å². The molecule has 2 N–H and O–H groups in total. The van der Waals surface area contributed by atoms with Crippen molar-refractivity contribution in [1.29, 1.82) is 0 Å². The molecule has 2 heterocycles. The lowest BCUT2D eigenvalue weighted by Crippen LogP contribution is -2.33. The third-order valence-electron chi connectivity index (χ3n) is 3.10. The number of aliphatic hydroxyl groups excluding tert-OH is 1. The lowest BCUT2D eigenvalue weighted by atomic mass is 10.0. The molecule has 0 saturated heterocycles. The van der Waals surface area contributed by atoms with Gasteiger partial charge >= 0.3 is 0 Å². The van der Waals surface area contributed by atoms with Gasteiger partial charge in [-0.05, 0) is 19.3 Å². The van der Waals surface area contributed by atoms with E-state index in [0.717, 1.165) is 23.6 Å². The van der Waals surface area contributed by atoms with E-state index in [4.69, 9.17) is 0 Å². The summed E-state index contributed by atoms with van der Waals surface area (Å²) in [7, 11) is 0. The lowest BCUT2D eigenvalue weighted by molar-refractivity contribution is 0.223. The molecule has 1 unspecified atom stereocenters. The first-order chi connectivity index (χ1) is 8.61. The number of fused-ring (bicyclic) bond motifs is 1. The van der Waals surface area contributed by atoms with Gasteiger partial charge in [0.25, 0.3) is 0 Å². The zero-order chi connectivity index (χ0) is 13.1. The van der Waals surface area contributed by atoms with Crippen molar-refractivity contribution in [3.05, 3.63) is 23.0 Å². The molecule has 0 amide bonds. The Morgan fingerprint density at radius 3 is 2.94 bits per heavy atom. The quantitative estimate of drug-likeness (QED) is 0.843. The average Bonchev–Trinajstić information content (AvgIpc) is 2.85. The summed E-state index contributed by atoms with van der Waals surface area (Å²) < 4.78 is 2.12. The number of thiazole rings is 1. The molecule has 0 spiro atoms. The zero-order valence-corrected chi connectivity index (χ0v) is 12.0. The standard InChI is InChI=1S/C13H21N3OS/c1-9(2)6-11(8-17)14-7-12-10(3)15-13-16(12)4-5-18-13/h4-5,9,11,14,17H,6-8H2,1-3H3. The first-order valence-corrected chi connectivity index (χ1v) is 7.25. The minimum atomic E-state index is 0.161. The Balaban J connectivity index is 2.04. The topological polar surface area (TPSA) is 49.6 Å². The molecule has 0 aromatic carbocycles. The van der Waals surface area contributed by atoms with E-state index in [1.165, 1.54) is 5.69 Å². The SMILES string of the molecule is Cc1nc2sccn2c1CNC(CO)CC(C)C. The highest BCUT2D eigenvalue weighted by molar-refractivity contribution is 7.15. The minimum Gasteiger partial charge on any atom is -0.395 e. The Hall–Kier alpha value is -0.910. The van der Waals surface area contributed by atoms with Crippen LogP contribution in [-0.2, 0) is 6.54 Å². The summed E-state index contributed by atoms with van der Waals surface area (Å²) in [6.45, 7) is 7.31. The molecule has 5 heteroatoms. The van der Waals surface area contributed by atoms with E-state index in [2.05, 4.69) is 28.5 Å². The fraction of sp³-hybridized carbons (Fsp3) is 0.615. The number of aryl methyl sites for hydroxylation is 1. The van der Waals surface area contributed by atoms with Crippen LogP contribution in [0.5, 0.6) is 0 Å². The van der Waals surface area contributed by atoms with Crippen LogP contribution < -0.4 is 5.32 Å². The Kier molecular flexibility index (Phi) is 4.37. The third kappa shape index (κ3) is 2.91. The molecule has 0 aliphatic rings. The number of aromatic nitrogens is 2. The average molecular weight is 267 g/mol. The van der Waals surface area contributed by atoms with E-state index in [0.29, 0.717) is 5.92 Å². The van der Waals surface area contributed by atoms with E-state index >= 15 is 0 Å². The second kappa shape index (κ2) is 5.82. The van der Waals surface area contributed by atoms with Gasteiger partial charge in [0.15, 0.2) is 4.96 Å². The molecule has 100 valence electrons. The molecular formula is C13H21N3OS. The van der Waals surface area contributed by atoms with Gasteiger partial charge in [0.05, 0.1) is 18.0 Å². The normalized spacial score (nSPS) is 13.6. The Labute approximate surface area is 112 Å². The second-order valence-corrected chi connectivity index (χ2v) is 5.96. The summed E-state index contributed by atoms with van der Waals surface area (Å²) in [6.07, 6.45) is 3.04. The van der Waals surface area contributed by atoms with Crippen molar-refractivity contribution < 1.29 is 5.11 Å². The lowest BCUT2D eigenvalue weighted by Gasteiger charge is -2.18. The molecule has 2 aromatic heterocycles. The van der Waals surface area contributed by atoms with Crippen molar-refractivity contribution in [3.8, 4) is 0 Å². The molecule has 0 fully saturated rings. The van der Waals surface area contributed by atoms with Crippen LogP contribution in [0.15, 0.2) is 11.6 Å². The van der Waals surface area contributed by atoms with E-state index in [1.54, 1.807) is 11.3 Å². The Morgan fingerprint density at radius 2 is 2.28 bits per heavy atom. The van der Waals surface area contributed by atoms with Crippen molar-refractivity contribution >= 4 is 16.3 Å². The van der Waals surface area contributed by atoms with E-state index in [-0.39, 0.29) is 12.6 Å². The summed E-state index contributed by atoms with van der Waals surface area (Å²) in [5.41, 5.74) is 2.25. The summed E-state index contributed by atoms with van der Waals surface area (Å²) in [4.78, 5) is 5.55. The van der Waals surface area contributed by atoms with Crippen LogP contribution in [0.25, 0.3) is 4.96 Å². The number of nitrogens with one attached hydrogen (secondary N) is 1. The first-order valence-electron chi connectivity index (χ1n) is 6.37. The van der Waals surface area contributed by atoms with Crippen LogP contribution in [0.2, 0.25) is 0 Å². The Bertz CT molecular complexity index is 503. The molecule has 4 nitrogen and oxygen atoms in total. The molecule has 2 aromatic rings. The fourth-order valence-electron chi connectivity index (χ4n) is 2.19. The van der Waals surface area contributed by atoms with Crippen LogP contribution >= 0.6 is 11.3 Å². The molecule has 0 saturated carbocycles. The first kappa shape index (κ1) is 13.5. The van der Waals surface area contributed by atoms with Crippen molar-refractivity contribution in [2.24, 2.45) is 5.92 Å². The molecule has 0 aliphatic heterocycles. The molecule has 0 radical (unpaired) electrons. The molecule has 1 atom stereocenters. The van der Waals surface area contributed by atoms with E-state index in [1.807, 2.05) is 18.5 Å². The number of rotatable bonds is 6. The smallest absolute Gasteiger partial charge is 0.194 e. The van der Waals surface area contributed by atoms with Gasteiger partial charge in [-0.3, -0.25) is 4.40 Å². The maximum absolute atomic E-state index is 9.36. The largest absolute Gasteiger partial charge is 0.395 e. The number of imidazole rings is 1. The van der Waals surface area contributed by atoms with Crippen LogP contribution in [-0.4, -0.2) is 27.1 Å². The fourth-order valence-corrected chi connectivity index (χ4v) is 2.96. The molecular weight excluding hydrogens is 246 g/mol. The monoisotopic (exact) mass is 267 g/mol. The number of aliphatic hydroxyl groups is 1. The minimum absolute atomic E-state index is 0.161. The van der Waals surface area contributed by atoms with Crippen molar-refractivity contribution in [2.75, 3.05) is 6.61 Å². The van der Waals surface area contributed by atoms with Gasteiger partial charge in [-0.1, -0.05) is 13.8 Å². The Morgan fingerprint density at radius 1 is 1.50 bits per heavy atom. The summed E-state index contributed by atoms with van der Waals surface area (Å²) in [5.74, 6) is 0.586. The van der Waals surface area contributed by atoms with Gasteiger partial charge in [-0.25, -0.2) is 4.98 Å².